The minimum absolute atomic E-state index is 0.00920. The lowest BCUT2D eigenvalue weighted by molar-refractivity contribution is -0.142. The Morgan fingerprint density at radius 1 is 0.815 bits per heavy atom. The fourth-order valence-corrected chi connectivity index (χ4v) is 3.18. The molecule has 10 heteroatoms. The number of rotatable bonds is 1. The molecule has 0 aliphatic carbocycles. The van der Waals surface area contributed by atoms with Crippen LogP contribution in [0.2, 0.25) is 10.0 Å². The lowest BCUT2D eigenvalue weighted by Gasteiger charge is -2.18. The second-order valence-corrected chi connectivity index (χ2v) is 6.47. The van der Waals surface area contributed by atoms with Crippen LogP contribution in [0.5, 0.6) is 0 Å². The SMILES string of the molecule is O=C(O)c1cc2cc(C(F)(F)F)cc(C(F)(F)F)c2c2cc(Cl)c(Cl)cc12. The van der Waals surface area contributed by atoms with Crippen LogP contribution >= 0.6 is 23.2 Å². The van der Waals surface area contributed by atoms with Crippen LogP contribution in [0.1, 0.15) is 21.5 Å². The smallest absolute Gasteiger partial charge is 0.417 e. The molecule has 0 saturated carbocycles. The molecule has 0 atom stereocenters. The first kappa shape index (κ1) is 19.6. The summed E-state index contributed by atoms with van der Waals surface area (Å²) in [7, 11) is 0. The van der Waals surface area contributed by atoms with E-state index in [1.165, 1.54) is 0 Å². The summed E-state index contributed by atoms with van der Waals surface area (Å²) in [6.45, 7) is 0. The van der Waals surface area contributed by atoms with E-state index in [-0.39, 0.29) is 26.9 Å². The van der Waals surface area contributed by atoms with Gasteiger partial charge in [-0.15, -0.1) is 0 Å². The van der Waals surface area contributed by atoms with Crippen molar-refractivity contribution in [3.63, 3.8) is 0 Å². The number of alkyl halides is 6. The number of carboxylic acids is 1. The standard InChI is InChI=1S/C17H6Cl2F6O2/c18-12-4-8-9(5-13(12)19)14-6(2-10(8)15(26)27)1-7(16(20,21)22)3-11(14)17(23,24)25/h1-5H,(H,26,27). The van der Waals surface area contributed by atoms with Crippen LogP contribution in [0.4, 0.5) is 26.3 Å². The first-order chi connectivity index (χ1) is 12.3. The van der Waals surface area contributed by atoms with Crippen LogP contribution in [-0.4, -0.2) is 11.1 Å². The van der Waals surface area contributed by atoms with E-state index in [1.807, 2.05) is 0 Å². The quantitative estimate of drug-likeness (QED) is 0.334. The van der Waals surface area contributed by atoms with Gasteiger partial charge in [0.1, 0.15) is 0 Å². The molecule has 0 aliphatic heterocycles. The Balaban J connectivity index is 2.64. The lowest BCUT2D eigenvalue weighted by Crippen LogP contribution is -2.12. The summed E-state index contributed by atoms with van der Waals surface area (Å²) >= 11 is 11.7. The second kappa shape index (κ2) is 6.17. The van der Waals surface area contributed by atoms with E-state index in [4.69, 9.17) is 23.2 Å². The predicted octanol–water partition coefficient (Wildman–Crippen LogP) is 7.04. The topological polar surface area (TPSA) is 37.3 Å². The summed E-state index contributed by atoms with van der Waals surface area (Å²) in [6, 6.07) is 3.30. The number of hydrogen-bond donors (Lipinski definition) is 1. The molecule has 2 nitrogen and oxygen atoms in total. The van der Waals surface area contributed by atoms with Gasteiger partial charge >= 0.3 is 18.3 Å². The predicted molar refractivity (Wildman–Crippen MR) is 88.4 cm³/mol. The van der Waals surface area contributed by atoms with Crippen LogP contribution in [-0.2, 0) is 12.4 Å². The number of halogens is 8. The molecule has 0 spiro atoms. The normalized spacial score (nSPS) is 12.7. The second-order valence-electron chi connectivity index (χ2n) is 5.66. The van der Waals surface area contributed by atoms with E-state index in [1.54, 1.807) is 0 Å². The van der Waals surface area contributed by atoms with Crippen molar-refractivity contribution in [3.05, 3.63) is 57.1 Å². The zero-order valence-corrected chi connectivity index (χ0v) is 14.3. The van der Waals surface area contributed by atoms with Gasteiger partial charge in [-0.2, -0.15) is 26.3 Å². The fraction of sp³-hybridized carbons (Fsp3) is 0.118. The average molecular weight is 427 g/mol. The van der Waals surface area contributed by atoms with E-state index in [9.17, 15) is 36.2 Å². The highest BCUT2D eigenvalue weighted by Gasteiger charge is 2.38. The Labute approximate surface area is 156 Å². The van der Waals surface area contributed by atoms with Gasteiger partial charge in [0.15, 0.2) is 0 Å². The summed E-state index contributed by atoms with van der Waals surface area (Å²) in [5.41, 5.74) is -3.59. The molecule has 0 bridgehead atoms. The molecule has 3 rings (SSSR count). The molecule has 0 saturated heterocycles. The Hall–Kier alpha value is -2.19. The van der Waals surface area contributed by atoms with E-state index in [0.717, 1.165) is 18.2 Å². The molecule has 0 unspecified atom stereocenters. The van der Waals surface area contributed by atoms with Crippen molar-refractivity contribution in [1.82, 2.24) is 0 Å². The molecule has 142 valence electrons. The Bertz CT molecular complexity index is 1100. The van der Waals surface area contributed by atoms with Crippen LogP contribution in [0, 0.1) is 0 Å². The van der Waals surface area contributed by atoms with Gasteiger partial charge in [-0.3, -0.25) is 0 Å². The number of carbonyl (C=O) groups is 1. The van der Waals surface area contributed by atoms with Gasteiger partial charge in [0.25, 0.3) is 0 Å². The van der Waals surface area contributed by atoms with Crippen molar-refractivity contribution >= 4 is 50.7 Å². The third-order valence-corrected chi connectivity index (χ3v) is 4.67. The van der Waals surface area contributed by atoms with Gasteiger partial charge in [-0.05, 0) is 46.5 Å². The summed E-state index contributed by atoms with van der Waals surface area (Å²) < 4.78 is 79.7. The van der Waals surface area contributed by atoms with Crippen LogP contribution in [0.15, 0.2) is 30.3 Å². The van der Waals surface area contributed by atoms with Crippen molar-refractivity contribution in [1.29, 1.82) is 0 Å². The first-order valence-electron chi connectivity index (χ1n) is 7.08. The van der Waals surface area contributed by atoms with Crippen molar-refractivity contribution < 1.29 is 36.2 Å². The summed E-state index contributed by atoms with van der Waals surface area (Å²) in [5.74, 6) is -1.54. The molecular formula is C17H6Cl2F6O2. The summed E-state index contributed by atoms with van der Waals surface area (Å²) in [4.78, 5) is 11.5. The van der Waals surface area contributed by atoms with Crippen molar-refractivity contribution in [2.24, 2.45) is 0 Å². The van der Waals surface area contributed by atoms with Crippen molar-refractivity contribution in [3.8, 4) is 0 Å². The van der Waals surface area contributed by atoms with Crippen LogP contribution in [0.3, 0.4) is 0 Å². The molecule has 0 fully saturated rings. The monoisotopic (exact) mass is 426 g/mol. The average Bonchev–Trinajstić information content (AvgIpc) is 2.52. The van der Waals surface area contributed by atoms with Gasteiger partial charge in [-0.1, -0.05) is 23.2 Å². The largest absolute Gasteiger partial charge is 0.478 e. The van der Waals surface area contributed by atoms with E-state index in [0.29, 0.717) is 6.07 Å². The minimum atomic E-state index is -5.12. The fourth-order valence-electron chi connectivity index (χ4n) is 2.85. The molecule has 27 heavy (non-hydrogen) atoms. The molecule has 0 heterocycles. The molecule has 0 aliphatic rings. The van der Waals surface area contributed by atoms with E-state index >= 15 is 0 Å². The molecule has 0 radical (unpaired) electrons. The number of hydrogen-bond acceptors (Lipinski definition) is 1. The highest BCUT2D eigenvalue weighted by atomic mass is 35.5. The van der Waals surface area contributed by atoms with Gasteiger partial charge in [-0.25, -0.2) is 4.79 Å². The summed E-state index contributed by atoms with van der Waals surface area (Å²) in [6.07, 6.45) is -10.2. The van der Waals surface area contributed by atoms with Crippen molar-refractivity contribution in [2.45, 2.75) is 12.4 Å². The Kier molecular flexibility index (Phi) is 4.47. The lowest BCUT2D eigenvalue weighted by atomic mass is 9.92. The Morgan fingerprint density at radius 3 is 1.85 bits per heavy atom. The van der Waals surface area contributed by atoms with Gasteiger partial charge < -0.3 is 5.11 Å². The summed E-state index contributed by atoms with van der Waals surface area (Å²) in [5, 5.41) is 7.52. The molecular weight excluding hydrogens is 421 g/mol. The van der Waals surface area contributed by atoms with E-state index < -0.39 is 45.8 Å². The molecule has 0 amide bonds. The minimum Gasteiger partial charge on any atom is -0.478 e. The van der Waals surface area contributed by atoms with Gasteiger partial charge in [0.2, 0.25) is 0 Å². The number of carboxylic acid groups (broad SMARTS) is 1. The molecule has 3 aromatic carbocycles. The van der Waals surface area contributed by atoms with Crippen LogP contribution in [0.25, 0.3) is 21.5 Å². The maximum absolute atomic E-state index is 13.5. The van der Waals surface area contributed by atoms with E-state index in [2.05, 4.69) is 0 Å². The van der Waals surface area contributed by atoms with Gasteiger partial charge in [0, 0.05) is 5.39 Å². The third kappa shape index (κ3) is 3.39. The molecule has 3 aromatic rings. The van der Waals surface area contributed by atoms with Gasteiger partial charge in [0.05, 0.1) is 26.7 Å². The maximum atomic E-state index is 13.5. The molecule has 0 aromatic heterocycles. The number of aromatic carboxylic acids is 1. The first-order valence-corrected chi connectivity index (χ1v) is 7.83. The van der Waals surface area contributed by atoms with Crippen LogP contribution < -0.4 is 0 Å². The van der Waals surface area contributed by atoms with Crippen molar-refractivity contribution in [2.75, 3.05) is 0 Å². The molecule has 1 N–H and O–H groups in total. The highest BCUT2D eigenvalue weighted by molar-refractivity contribution is 6.43. The number of benzene rings is 3. The zero-order valence-electron chi connectivity index (χ0n) is 12.8. The Morgan fingerprint density at radius 2 is 1.37 bits per heavy atom. The maximum Gasteiger partial charge on any atom is 0.417 e. The number of fused-ring (bicyclic) bond motifs is 3. The highest BCUT2D eigenvalue weighted by Crippen LogP contribution is 2.44. The third-order valence-electron chi connectivity index (χ3n) is 3.95. The zero-order chi connectivity index (χ0) is 20.3.